The molecule has 0 heterocycles. The van der Waals surface area contributed by atoms with Gasteiger partial charge in [0.05, 0.1) is 0 Å². The van der Waals surface area contributed by atoms with Gasteiger partial charge in [-0.15, -0.1) is 0 Å². The molecule has 0 aliphatic carbocycles. The van der Waals surface area contributed by atoms with Gasteiger partial charge < -0.3 is 40.6 Å². The topological polar surface area (TPSA) is 219 Å². The minimum atomic E-state index is -1.47. The van der Waals surface area contributed by atoms with Crippen LogP contribution in [0.15, 0.2) is 91.0 Å². The molecule has 0 spiro atoms. The fraction of sp³-hybridized carbons (Fsp3) is 0.390. The van der Waals surface area contributed by atoms with Crippen LogP contribution in [-0.2, 0) is 67.5 Å². The van der Waals surface area contributed by atoms with E-state index in [9.17, 15) is 33.6 Å². The fourth-order valence-corrected chi connectivity index (χ4v) is 5.03. The third-order valence-electron chi connectivity index (χ3n) is 7.94. The highest BCUT2D eigenvalue weighted by atomic mass is 16.6. The van der Waals surface area contributed by atoms with Gasteiger partial charge in [-0.1, -0.05) is 91.0 Å². The lowest BCUT2D eigenvalue weighted by atomic mass is 10.1. The number of carbonyl (C=O) groups excluding carboxylic acids is 7. The van der Waals surface area contributed by atoms with Crippen molar-refractivity contribution < 1.29 is 52.5 Å². The summed E-state index contributed by atoms with van der Waals surface area (Å²) in [5.74, 6) is -4.74. The summed E-state index contributed by atoms with van der Waals surface area (Å²) >= 11 is 0. The zero-order valence-corrected chi connectivity index (χ0v) is 31.8. The predicted octanol–water partition coefficient (Wildman–Crippen LogP) is 3.91. The van der Waals surface area contributed by atoms with Crippen LogP contribution >= 0.6 is 0 Å². The number of nitrogens with one attached hydrogen (secondary N) is 3. The van der Waals surface area contributed by atoms with Crippen molar-refractivity contribution in [2.24, 2.45) is 5.73 Å². The van der Waals surface area contributed by atoms with Gasteiger partial charge in [-0.2, -0.15) is 0 Å². The second-order valence-corrected chi connectivity index (χ2v) is 13.8. The molecule has 0 saturated heterocycles. The molecular formula is C41H50N4O11. The van der Waals surface area contributed by atoms with E-state index in [1.807, 2.05) is 18.2 Å². The zero-order chi connectivity index (χ0) is 40.9. The second kappa shape index (κ2) is 22.8. The van der Waals surface area contributed by atoms with Crippen LogP contribution in [0.2, 0.25) is 0 Å². The van der Waals surface area contributed by atoms with Gasteiger partial charge in [0.15, 0.2) is 0 Å². The third kappa shape index (κ3) is 17.7. The molecule has 56 heavy (non-hydrogen) atoms. The minimum Gasteiger partial charge on any atom is -0.461 e. The van der Waals surface area contributed by atoms with Crippen molar-refractivity contribution in [2.45, 2.75) is 103 Å². The summed E-state index contributed by atoms with van der Waals surface area (Å²) in [4.78, 5) is 90.4. The Balaban J connectivity index is 1.72. The monoisotopic (exact) mass is 774 g/mol. The number of rotatable bonds is 21. The number of primary amides is 1. The van der Waals surface area contributed by atoms with Crippen molar-refractivity contribution in [3.05, 3.63) is 108 Å². The highest BCUT2D eigenvalue weighted by Gasteiger charge is 2.31. The van der Waals surface area contributed by atoms with Gasteiger partial charge in [0.25, 0.3) is 0 Å². The molecule has 15 nitrogen and oxygen atoms in total. The van der Waals surface area contributed by atoms with Gasteiger partial charge >= 0.3 is 24.0 Å². The van der Waals surface area contributed by atoms with Crippen LogP contribution in [0.1, 0.15) is 76.0 Å². The molecule has 5 N–H and O–H groups in total. The lowest BCUT2D eigenvalue weighted by Gasteiger charge is -2.26. The highest BCUT2D eigenvalue weighted by molar-refractivity contribution is 5.94. The minimum absolute atomic E-state index is 0.00495. The Kier molecular flexibility index (Phi) is 18.0. The normalized spacial score (nSPS) is 12.5. The van der Waals surface area contributed by atoms with E-state index in [-0.39, 0.29) is 58.3 Å². The van der Waals surface area contributed by atoms with Crippen LogP contribution in [0.5, 0.6) is 0 Å². The van der Waals surface area contributed by atoms with E-state index in [2.05, 4.69) is 16.0 Å². The molecule has 0 saturated carbocycles. The molecule has 4 amide bonds. The van der Waals surface area contributed by atoms with Crippen molar-refractivity contribution in [2.75, 3.05) is 0 Å². The zero-order valence-electron chi connectivity index (χ0n) is 31.8. The van der Waals surface area contributed by atoms with E-state index < -0.39 is 65.4 Å². The molecule has 0 bridgehead atoms. The summed E-state index contributed by atoms with van der Waals surface area (Å²) in [5, 5.41) is 7.41. The van der Waals surface area contributed by atoms with Crippen molar-refractivity contribution in [1.29, 1.82) is 0 Å². The third-order valence-corrected chi connectivity index (χ3v) is 7.94. The van der Waals surface area contributed by atoms with Crippen molar-refractivity contribution in [1.82, 2.24) is 16.0 Å². The van der Waals surface area contributed by atoms with Gasteiger partial charge in [-0.05, 0) is 56.7 Å². The van der Waals surface area contributed by atoms with E-state index in [1.54, 1.807) is 93.6 Å². The summed E-state index contributed by atoms with van der Waals surface area (Å²) in [6.45, 7) is 4.83. The van der Waals surface area contributed by atoms with E-state index in [0.29, 0.717) is 0 Å². The van der Waals surface area contributed by atoms with Gasteiger partial charge in [0, 0.05) is 19.3 Å². The number of esters is 3. The lowest BCUT2D eigenvalue weighted by Crippen LogP contribution is -2.56. The summed E-state index contributed by atoms with van der Waals surface area (Å²) < 4.78 is 21.2. The molecular weight excluding hydrogens is 724 g/mol. The molecule has 300 valence electrons. The standard InChI is InChI=1S/C41H50N4O11/c1-41(2,3)56-40(52)45-33(21-24-36(48)55-27-30-17-11-6-12-18-30)39(51)44-32(20-23-35(47)54-26-29-15-9-5-10-16-29)38(50)43-31(37(42)49)19-22-34(46)53-25-28-13-7-4-8-14-28/h4-18,31-33H,19-27H2,1-3H3,(H2,42,49)(H,43,50)(H,44,51)(H,45,52)/t31-,32-,33+/m0/s1. The van der Waals surface area contributed by atoms with Crippen LogP contribution in [0.3, 0.4) is 0 Å². The molecule has 3 atom stereocenters. The molecule has 0 aromatic heterocycles. The number of nitrogens with two attached hydrogens (primary N) is 1. The number of amides is 4. The SMILES string of the molecule is CC(C)(C)OC(=O)N[C@H](CCC(=O)OCc1ccccc1)C(=O)N[C@@H](CCC(=O)OCc1ccccc1)C(=O)N[C@@H](CCC(=O)OCc1ccccc1)C(N)=O. The highest BCUT2D eigenvalue weighted by Crippen LogP contribution is 2.12. The molecule has 3 aromatic carbocycles. The van der Waals surface area contributed by atoms with Crippen LogP contribution < -0.4 is 21.7 Å². The first-order valence-electron chi connectivity index (χ1n) is 18.2. The summed E-state index contributed by atoms with van der Waals surface area (Å²) in [6.07, 6.45) is -2.64. The number of carbonyl (C=O) groups is 7. The Hall–Kier alpha value is -6.25. The van der Waals surface area contributed by atoms with E-state index in [0.717, 1.165) is 16.7 Å². The van der Waals surface area contributed by atoms with Crippen molar-refractivity contribution >= 4 is 41.7 Å². The number of hydrogen-bond donors (Lipinski definition) is 4. The van der Waals surface area contributed by atoms with Crippen LogP contribution in [0.25, 0.3) is 0 Å². The Labute approximate surface area is 326 Å². The van der Waals surface area contributed by atoms with Crippen LogP contribution in [-0.4, -0.2) is 65.4 Å². The Morgan fingerprint density at radius 1 is 0.518 bits per heavy atom. The molecule has 15 heteroatoms. The van der Waals surface area contributed by atoms with Gasteiger partial charge in [0.1, 0.15) is 43.5 Å². The largest absolute Gasteiger partial charge is 0.461 e. The molecule has 0 radical (unpaired) electrons. The second-order valence-electron chi connectivity index (χ2n) is 13.8. The predicted molar refractivity (Wildman–Crippen MR) is 203 cm³/mol. The molecule has 0 aliphatic rings. The smallest absolute Gasteiger partial charge is 0.408 e. The Bertz CT molecular complexity index is 1750. The lowest BCUT2D eigenvalue weighted by molar-refractivity contribution is -0.147. The average molecular weight is 775 g/mol. The fourth-order valence-electron chi connectivity index (χ4n) is 5.03. The first-order chi connectivity index (χ1) is 26.7. The molecule has 0 aliphatic heterocycles. The Morgan fingerprint density at radius 3 is 1.18 bits per heavy atom. The number of ether oxygens (including phenoxy) is 4. The maximum atomic E-state index is 13.7. The summed E-state index contributed by atoms with van der Waals surface area (Å²) in [5.41, 5.74) is 6.87. The Morgan fingerprint density at radius 2 is 0.839 bits per heavy atom. The first-order valence-corrected chi connectivity index (χ1v) is 18.2. The maximum Gasteiger partial charge on any atom is 0.408 e. The van der Waals surface area contributed by atoms with Crippen LogP contribution in [0.4, 0.5) is 4.79 Å². The number of benzene rings is 3. The van der Waals surface area contributed by atoms with Gasteiger partial charge in [-0.25, -0.2) is 4.79 Å². The van der Waals surface area contributed by atoms with Crippen LogP contribution in [0, 0.1) is 0 Å². The van der Waals surface area contributed by atoms with Crippen molar-refractivity contribution in [3.8, 4) is 0 Å². The molecule has 3 rings (SSSR count). The van der Waals surface area contributed by atoms with Gasteiger partial charge in [-0.3, -0.25) is 28.8 Å². The number of alkyl carbamates (subject to hydrolysis) is 1. The first kappa shape index (κ1) is 44.1. The summed E-state index contributed by atoms with van der Waals surface area (Å²) in [6, 6.07) is 22.6. The van der Waals surface area contributed by atoms with E-state index >= 15 is 0 Å². The number of hydrogen-bond acceptors (Lipinski definition) is 11. The average Bonchev–Trinajstić information content (AvgIpc) is 3.17. The molecule has 0 unspecified atom stereocenters. The summed E-state index contributed by atoms with van der Waals surface area (Å²) in [7, 11) is 0. The quantitative estimate of drug-likeness (QED) is 0.0899. The molecule has 0 fully saturated rings. The molecule has 3 aromatic rings. The van der Waals surface area contributed by atoms with E-state index in [1.165, 1.54) is 0 Å². The van der Waals surface area contributed by atoms with E-state index in [4.69, 9.17) is 24.7 Å². The van der Waals surface area contributed by atoms with Crippen molar-refractivity contribution in [3.63, 3.8) is 0 Å². The maximum absolute atomic E-state index is 13.7. The van der Waals surface area contributed by atoms with Gasteiger partial charge in [0.2, 0.25) is 17.7 Å².